The summed E-state index contributed by atoms with van der Waals surface area (Å²) < 4.78 is 18.5. The molecule has 0 aromatic heterocycles. The molecule has 0 amide bonds. The van der Waals surface area contributed by atoms with E-state index in [0.29, 0.717) is 5.75 Å². The van der Waals surface area contributed by atoms with Crippen LogP contribution in [0.15, 0.2) is 18.2 Å². The topological polar surface area (TPSA) is 35.2 Å². The van der Waals surface area contributed by atoms with Crippen molar-refractivity contribution in [1.29, 1.82) is 0 Å². The molecule has 0 aliphatic carbocycles. The van der Waals surface area contributed by atoms with Crippen LogP contribution in [0.25, 0.3) is 0 Å². The van der Waals surface area contributed by atoms with Gasteiger partial charge in [0.15, 0.2) is 0 Å². The van der Waals surface area contributed by atoms with Crippen molar-refractivity contribution in [2.24, 2.45) is 5.73 Å². The molecule has 0 bridgehead atoms. The zero-order valence-corrected chi connectivity index (χ0v) is 8.75. The number of nitrogens with two attached hydrogens (primary N) is 1. The number of ether oxygens (including phenoxy) is 1. The summed E-state index contributed by atoms with van der Waals surface area (Å²) in [6.07, 6.45) is 0.0396. The lowest BCUT2D eigenvalue weighted by Gasteiger charge is -2.12. The average Bonchev–Trinajstić information content (AvgIpc) is 2.01. The maximum Gasteiger partial charge on any atom is 0.127 e. The fourth-order valence-electron chi connectivity index (χ4n) is 1.19. The van der Waals surface area contributed by atoms with Gasteiger partial charge < -0.3 is 10.5 Å². The summed E-state index contributed by atoms with van der Waals surface area (Å²) in [5, 5.41) is 0. The lowest BCUT2D eigenvalue weighted by Crippen LogP contribution is -2.09. The first-order valence-electron chi connectivity index (χ1n) is 4.71. The zero-order valence-electron chi connectivity index (χ0n) is 8.75. The first-order valence-corrected chi connectivity index (χ1v) is 4.71. The number of rotatable bonds is 3. The van der Waals surface area contributed by atoms with E-state index >= 15 is 0 Å². The van der Waals surface area contributed by atoms with E-state index in [-0.39, 0.29) is 18.0 Å². The van der Waals surface area contributed by atoms with Crippen molar-refractivity contribution in [3.05, 3.63) is 29.6 Å². The Morgan fingerprint density at radius 3 is 2.36 bits per heavy atom. The first kappa shape index (κ1) is 11.0. The average molecular weight is 197 g/mol. The van der Waals surface area contributed by atoms with Gasteiger partial charge in [-0.3, -0.25) is 0 Å². The molecular formula is C11H16FNO. The summed E-state index contributed by atoms with van der Waals surface area (Å²) in [5.74, 6) is 0.225. The highest BCUT2D eigenvalue weighted by Gasteiger charge is 2.06. The predicted molar refractivity (Wildman–Crippen MR) is 54.8 cm³/mol. The quantitative estimate of drug-likeness (QED) is 0.808. The number of benzene rings is 1. The Morgan fingerprint density at radius 2 is 1.86 bits per heavy atom. The molecule has 0 radical (unpaired) electrons. The molecule has 3 heteroatoms. The van der Waals surface area contributed by atoms with Gasteiger partial charge in [-0.2, -0.15) is 0 Å². The van der Waals surface area contributed by atoms with E-state index in [0.717, 1.165) is 5.56 Å². The van der Waals surface area contributed by atoms with Gasteiger partial charge in [0.25, 0.3) is 0 Å². The standard InChI is InChI=1S/C11H16FNO/c1-7(2)14-11-5-9(8(3)13)4-10(12)6-11/h4-8H,13H2,1-3H3. The molecule has 0 spiro atoms. The van der Waals surface area contributed by atoms with E-state index in [1.54, 1.807) is 6.07 Å². The fraction of sp³-hybridized carbons (Fsp3) is 0.455. The van der Waals surface area contributed by atoms with Crippen molar-refractivity contribution in [3.8, 4) is 5.75 Å². The third-order valence-electron chi connectivity index (χ3n) is 1.79. The lowest BCUT2D eigenvalue weighted by molar-refractivity contribution is 0.241. The van der Waals surface area contributed by atoms with Gasteiger partial charge in [-0.1, -0.05) is 0 Å². The largest absolute Gasteiger partial charge is 0.491 e. The molecule has 2 nitrogen and oxygen atoms in total. The highest BCUT2D eigenvalue weighted by Crippen LogP contribution is 2.21. The van der Waals surface area contributed by atoms with Gasteiger partial charge in [0.05, 0.1) is 6.10 Å². The molecule has 0 saturated heterocycles. The summed E-state index contributed by atoms with van der Waals surface area (Å²) in [4.78, 5) is 0. The number of hydrogen-bond acceptors (Lipinski definition) is 2. The van der Waals surface area contributed by atoms with Gasteiger partial charge in [0, 0.05) is 12.1 Å². The molecule has 0 aliphatic rings. The summed E-state index contributed by atoms with van der Waals surface area (Å²) >= 11 is 0. The maximum absolute atomic E-state index is 13.1. The highest BCUT2D eigenvalue weighted by molar-refractivity contribution is 5.31. The minimum atomic E-state index is -0.310. The number of halogens is 1. The van der Waals surface area contributed by atoms with Crippen LogP contribution in [-0.4, -0.2) is 6.10 Å². The summed E-state index contributed by atoms with van der Waals surface area (Å²) in [5.41, 5.74) is 6.41. The zero-order chi connectivity index (χ0) is 10.7. The van der Waals surface area contributed by atoms with Crippen LogP contribution in [0.5, 0.6) is 5.75 Å². The SMILES string of the molecule is CC(C)Oc1cc(F)cc(C(C)N)c1. The Bertz CT molecular complexity index is 310. The van der Waals surface area contributed by atoms with Crippen LogP contribution in [0.4, 0.5) is 4.39 Å². The van der Waals surface area contributed by atoms with Gasteiger partial charge in [-0.15, -0.1) is 0 Å². The molecule has 0 saturated carbocycles. The fourth-order valence-corrected chi connectivity index (χ4v) is 1.19. The lowest BCUT2D eigenvalue weighted by atomic mass is 10.1. The second kappa shape index (κ2) is 4.42. The molecule has 1 aromatic carbocycles. The molecule has 78 valence electrons. The Hall–Kier alpha value is -1.09. The summed E-state index contributed by atoms with van der Waals surface area (Å²) in [7, 11) is 0. The molecule has 14 heavy (non-hydrogen) atoms. The van der Waals surface area contributed by atoms with Gasteiger partial charge in [-0.25, -0.2) is 4.39 Å². The number of hydrogen-bond donors (Lipinski definition) is 1. The molecule has 0 heterocycles. The first-order chi connectivity index (χ1) is 6.49. The van der Waals surface area contributed by atoms with Crippen molar-refractivity contribution in [3.63, 3.8) is 0 Å². The predicted octanol–water partition coefficient (Wildman–Crippen LogP) is 2.63. The van der Waals surface area contributed by atoms with Crippen molar-refractivity contribution < 1.29 is 9.13 Å². The van der Waals surface area contributed by atoms with Crippen molar-refractivity contribution in [1.82, 2.24) is 0 Å². The second-order valence-electron chi connectivity index (χ2n) is 3.68. The molecule has 1 atom stereocenters. The van der Waals surface area contributed by atoms with Gasteiger partial charge in [-0.05, 0) is 38.5 Å². The second-order valence-corrected chi connectivity index (χ2v) is 3.68. The summed E-state index contributed by atoms with van der Waals surface area (Å²) in [6, 6.07) is 4.39. The Morgan fingerprint density at radius 1 is 1.21 bits per heavy atom. The molecule has 2 N–H and O–H groups in total. The van der Waals surface area contributed by atoms with Crippen LogP contribution in [0.1, 0.15) is 32.4 Å². The Balaban J connectivity index is 2.95. The van der Waals surface area contributed by atoms with Crippen LogP contribution in [0.3, 0.4) is 0 Å². The molecule has 1 unspecified atom stereocenters. The normalized spacial score (nSPS) is 13.0. The molecular weight excluding hydrogens is 181 g/mol. The summed E-state index contributed by atoms with van der Waals surface area (Å²) in [6.45, 7) is 5.61. The molecule has 1 aromatic rings. The smallest absolute Gasteiger partial charge is 0.127 e. The van der Waals surface area contributed by atoms with Crippen LogP contribution in [0.2, 0.25) is 0 Å². The van der Waals surface area contributed by atoms with Crippen molar-refractivity contribution in [2.45, 2.75) is 32.9 Å². The molecule has 0 fully saturated rings. The maximum atomic E-state index is 13.1. The minimum absolute atomic E-state index is 0.0396. The minimum Gasteiger partial charge on any atom is -0.491 e. The molecule has 1 rings (SSSR count). The van der Waals surface area contributed by atoms with E-state index < -0.39 is 0 Å². The molecule has 0 aliphatic heterocycles. The van der Waals surface area contributed by atoms with Crippen LogP contribution in [0, 0.1) is 5.82 Å². The van der Waals surface area contributed by atoms with Gasteiger partial charge in [0.2, 0.25) is 0 Å². The van der Waals surface area contributed by atoms with Crippen molar-refractivity contribution in [2.75, 3.05) is 0 Å². The van der Waals surface area contributed by atoms with Crippen molar-refractivity contribution >= 4 is 0 Å². The van der Waals surface area contributed by atoms with E-state index in [1.165, 1.54) is 12.1 Å². The van der Waals surface area contributed by atoms with Gasteiger partial charge >= 0.3 is 0 Å². The van der Waals surface area contributed by atoms with E-state index in [1.807, 2.05) is 20.8 Å². The van der Waals surface area contributed by atoms with E-state index in [9.17, 15) is 4.39 Å². The third kappa shape index (κ3) is 3.00. The van der Waals surface area contributed by atoms with E-state index in [2.05, 4.69) is 0 Å². The third-order valence-corrected chi connectivity index (χ3v) is 1.79. The Kier molecular flexibility index (Phi) is 3.47. The highest BCUT2D eigenvalue weighted by atomic mass is 19.1. The van der Waals surface area contributed by atoms with Gasteiger partial charge in [0.1, 0.15) is 11.6 Å². The Labute approximate surface area is 83.9 Å². The van der Waals surface area contributed by atoms with Crippen LogP contribution >= 0.6 is 0 Å². The van der Waals surface area contributed by atoms with Crippen LogP contribution < -0.4 is 10.5 Å². The van der Waals surface area contributed by atoms with E-state index in [4.69, 9.17) is 10.5 Å². The monoisotopic (exact) mass is 197 g/mol. The van der Waals surface area contributed by atoms with Crippen LogP contribution in [-0.2, 0) is 0 Å².